The molecule has 88 valence electrons. The number of hydrogen-bond acceptors (Lipinski definition) is 5. The molecule has 0 radical (unpaired) electrons. The molecule has 0 aromatic heterocycles. The Kier molecular flexibility index (Phi) is 3.91. The van der Waals surface area contributed by atoms with Crippen LogP contribution in [0.25, 0.3) is 0 Å². The molecule has 1 atom stereocenters. The second kappa shape index (κ2) is 5.23. The molecule has 0 N–H and O–H groups in total. The zero-order chi connectivity index (χ0) is 11.5. The van der Waals surface area contributed by atoms with Crippen molar-refractivity contribution >= 4 is 39.7 Å². The highest BCUT2D eigenvalue weighted by Crippen LogP contribution is 2.26. The third kappa shape index (κ3) is 2.79. The van der Waals surface area contributed by atoms with Crippen LogP contribution in [0.4, 0.5) is 0 Å². The van der Waals surface area contributed by atoms with Crippen molar-refractivity contribution < 1.29 is 9.59 Å². The lowest BCUT2D eigenvalue weighted by Crippen LogP contribution is -2.31. The summed E-state index contributed by atoms with van der Waals surface area (Å²) in [6.45, 7) is 2.62. The number of carbonyl (C=O) groups excluding carboxylic acids is 2. The van der Waals surface area contributed by atoms with Gasteiger partial charge in [-0.1, -0.05) is 23.5 Å². The van der Waals surface area contributed by atoms with Crippen molar-refractivity contribution in [3.8, 4) is 0 Å². The van der Waals surface area contributed by atoms with Gasteiger partial charge in [-0.05, 0) is 6.92 Å². The highest BCUT2D eigenvalue weighted by atomic mass is 32.2. The SMILES string of the molecule is C[C@@H]1CSC(SCCN2C(=O)CCC2=O)=N1. The molecule has 0 aliphatic carbocycles. The van der Waals surface area contributed by atoms with Crippen LogP contribution >= 0.6 is 23.5 Å². The van der Waals surface area contributed by atoms with Gasteiger partial charge in [-0.3, -0.25) is 19.5 Å². The number of likely N-dealkylation sites (tertiary alicyclic amines) is 1. The Morgan fingerprint density at radius 1 is 1.44 bits per heavy atom. The first-order valence-electron chi connectivity index (χ1n) is 5.33. The van der Waals surface area contributed by atoms with E-state index >= 15 is 0 Å². The molecule has 1 fully saturated rings. The van der Waals surface area contributed by atoms with Crippen LogP contribution in [0.2, 0.25) is 0 Å². The van der Waals surface area contributed by atoms with E-state index in [0.717, 1.165) is 15.9 Å². The summed E-state index contributed by atoms with van der Waals surface area (Å²) in [5.41, 5.74) is 0. The van der Waals surface area contributed by atoms with Gasteiger partial charge in [-0.2, -0.15) is 0 Å². The van der Waals surface area contributed by atoms with Crippen molar-refractivity contribution in [3.05, 3.63) is 0 Å². The lowest BCUT2D eigenvalue weighted by Gasteiger charge is -2.12. The molecule has 2 aliphatic heterocycles. The quantitative estimate of drug-likeness (QED) is 0.717. The van der Waals surface area contributed by atoms with Crippen LogP contribution in [0.15, 0.2) is 4.99 Å². The van der Waals surface area contributed by atoms with E-state index in [4.69, 9.17) is 0 Å². The average Bonchev–Trinajstić information content (AvgIpc) is 2.78. The topological polar surface area (TPSA) is 49.7 Å². The highest BCUT2D eigenvalue weighted by Gasteiger charge is 2.28. The Labute approximate surface area is 103 Å². The molecule has 6 heteroatoms. The molecular weight excluding hydrogens is 244 g/mol. The summed E-state index contributed by atoms with van der Waals surface area (Å²) in [4.78, 5) is 28.5. The maximum absolute atomic E-state index is 11.3. The highest BCUT2D eigenvalue weighted by molar-refractivity contribution is 8.39. The van der Waals surface area contributed by atoms with E-state index in [1.165, 1.54) is 4.90 Å². The third-order valence-corrected chi connectivity index (χ3v) is 4.92. The molecule has 2 amide bonds. The molecule has 4 nitrogen and oxygen atoms in total. The summed E-state index contributed by atoms with van der Waals surface area (Å²) in [6, 6.07) is 0.405. The van der Waals surface area contributed by atoms with Gasteiger partial charge in [0.1, 0.15) is 4.38 Å². The van der Waals surface area contributed by atoms with E-state index in [0.29, 0.717) is 25.4 Å². The van der Waals surface area contributed by atoms with Gasteiger partial charge >= 0.3 is 0 Å². The second-order valence-electron chi connectivity index (χ2n) is 3.84. The van der Waals surface area contributed by atoms with E-state index in [9.17, 15) is 9.59 Å². The third-order valence-electron chi connectivity index (χ3n) is 2.47. The monoisotopic (exact) mass is 258 g/mol. The van der Waals surface area contributed by atoms with Crippen molar-refractivity contribution in [3.63, 3.8) is 0 Å². The standard InChI is InChI=1S/C10H14N2O2S2/c1-7-6-16-10(11-7)15-5-4-12-8(13)2-3-9(12)14/h7H,2-6H2,1H3/t7-/m1/s1. The zero-order valence-electron chi connectivity index (χ0n) is 9.14. The van der Waals surface area contributed by atoms with Gasteiger partial charge < -0.3 is 0 Å². The number of rotatable bonds is 3. The van der Waals surface area contributed by atoms with Gasteiger partial charge in [0.2, 0.25) is 11.8 Å². The van der Waals surface area contributed by atoms with Crippen LogP contribution in [0.5, 0.6) is 0 Å². The normalized spacial score (nSPS) is 25.4. The number of thioether (sulfide) groups is 2. The molecule has 2 heterocycles. The minimum atomic E-state index is -0.0278. The van der Waals surface area contributed by atoms with Crippen molar-refractivity contribution in [2.45, 2.75) is 25.8 Å². The summed E-state index contributed by atoms with van der Waals surface area (Å²) >= 11 is 3.40. The van der Waals surface area contributed by atoms with E-state index in [1.807, 2.05) is 0 Å². The van der Waals surface area contributed by atoms with Gasteiger partial charge in [-0.25, -0.2) is 0 Å². The summed E-state index contributed by atoms with van der Waals surface area (Å²) in [7, 11) is 0. The second-order valence-corrected chi connectivity index (χ2v) is 6.19. The molecule has 2 rings (SSSR count). The Bertz CT molecular complexity index is 328. The van der Waals surface area contributed by atoms with Crippen molar-refractivity contribution in [1.29, 1.82) is 0 Å². The minimum Gasteiger partial charge on any atom is -0.282 e. The van der Waals surface area contributed by atoms with Gasteiger partial charge in [0.05, 0.1) is 6.04 Å². The van der Waals surface area contributed by atoms with E-state index in [-0.39, 0.29) is 11.8 Å². The maximum atomic E-state index is 11.3. The van der Waals surface area contributed by atoms with Crippen molar-refractivity contribution in [2.75, 3.05) is 18.1 Å². The summed E-state index contributed by atoms with van der Waals surface area (Å²) in [5, 5.41) is 0. The predicted octanol–water partition coefficient (Wildman–Crippen LogP) is 1.36. The number of imide groups is 1. The lowest BCUT2D eigenvalue weighted by atomic mass is 10.4. The van der Waals surface area contributed by atoms with E-state index < -0.39 is 0 Å². The van der Waals surface area contributed by atoms with Gasteiger partial charge in [-0.15, -0.1) is 0 Å². The first kappa shape index (κ1) is 12.0. The molecule has 0 spiro atoms. The summed E-state index contributed by atoms with van der Waals surface area (Å²) in [6.07, 6.45) is 0.770. The number of amides is 2. The van der Waals surface area contributed by atoms with Crippen LogP contribution in [0, 0.1) is 0 Å². The number of nitrogens with zero attached hydrogens (tertiary/aromatic N) is 2. The summed E-state index contributed by atoms with van der Waals surface area (Å²) in [5.74, 6) is 1.75. The molecule has 0 bridgehead atoms. The molecule has 0 saturated carbocycles. The predicted molar refractivity (Wildman–Crippen MR) is 67.8 cm³/mol. The van der Waals surface area contributed by atoms with E-state index in [2.05, 4.69) is 11.9 Å². The molecular formula is C10H14N2O2S2. The van der Waals surface area contributed by atoms with Crippen LogP contribution in [0.1, 0.15) is 19.8 Å². The van der Waals surface area contributed by atoms with E-state index in [1.54, 1.807) is 23.5 Å². The van der Waals surface area contributed by atoms with Crippen LogP contribution < -0.4 is 0 Å². The molecule has 2 aliphatic rings. The maximum Gasteiger partial charge on any atom is 0.229 e. The molecule has 0 unspecified atom stereocenters. The van der Waals surface area contributed by atoms with Gasteiger partial charge in [0.25, 0.3) is 0 Å². The molecule has 16 heavy (non-hydrogen) atoms. The molecule has 0 aromatic rings. The lowest BCUT2D eigenvalue weighted by molar-refractivity contribution is -0.137. The largest absolute Gasteiger partial charge is 0.282 e. The fourth-order valence-corrected chi connectivity index (χ4v) is 3.83. The van der Waals surface area contributed by atoms with Crippen molar-refractivity contribution in [1.82, 2.24) is 4.90 Å². The minimum absolute atomic E-state index is 0.0278. The van der Waals surface area contributed by atoms with Crippen LogP contribution in [-0.4, -0.2) is 45.2 Å². The van der Waals surface area contributed by atoms with Gasteiger partial charge in [0.15, 0.2) is 0 Å². The first-order chi connectivity index (χ1) is 7.66. The van der Waals surface area contributed by atoms with Crippen molar-refractivity contribution in [2.24, 2.45) is 4.99 Å². The van der Waals surface area contributed by atoms with Crippen LogP contribution in [0.3, 0.4) is 0 Å². The number of aliphatic imine (C=N–C) groups is 1. The fraction of sp³-hybridized carbons (Fsp3) is 0.700. The number of carbonyl (C=O) groups is 2. The average molecular weight is 258 g/mol. The Balaban J connectivity index is 1.74. The zero-order valence-corrected chi connectivity index (χ0v) is 10.8. The Hall–Kier alpha value is -0.490. The molecule has 1 saturated heterocycles. The summed E-state index contributed by atoms with van der Waals surface area (Å²) < 4.78 is 1.09. The molecule has 0 aromatic carbocycles. The Morgan fingerprint density at radius 3 is 2.69 bits per heavy atom. The van der Waals surface area contributed by atoms with Gasteiger partial charge in [0, 0.05) is 30.9 Å². The first-order valence-corrected chi connectivity index (χ1v) is 7.30. The van der Waals surface area contributed by atoms with Crippen LogP contribution in [-0.2, 0) is 9.59 Å². The number of hydrogen-bond donors (Lipinski definition) is 0. The fourth-order valence-electron chi connectivity index (χ4n) is 1.62. The smallest absolute Gasteiger partial charge is 0.229 e. The Morgan fingerprint density at radius 2 is 2.12 bits per heavy atom.